The molecule has 1 unspecified atom stereocenters. The Hall–Kier alpha value is -2.04. The van der Waals surface area contributed by atoms with Gasteiger partial charge in [-0.2, -0.15) is 0 Å². The molecule has 0 bridgehead atoms. The number of benzene rings is 2. The molecule has 124 valence electrons. The first kappa shape index (κ1) is 19.0. The Morgan fingerprint density at radius 1 is 1.13 bits per heavy atom. The Balaban J connectivity index is 0.00000264. The molecule has 0 saturated carbocycles. The molecule has 5 heteroatoms. The molecule has 0 aromatic heterocycles. The fourth-order valence-electron chi connectivity index (χ4n) is 2.02. The minimum atomic E-state index is -0.472. The lowest BCUT2D eigenvalue weighted by atomic mass is 10.1. The number of nitrogens with two attached hydrogens (primary N) is 1. The first-order chi connectivity index (χ1) is 10.6. The summed E-state index contributed by atoms with van der Waals surface area (Å²) in [7, 11) is 0. The third kappa shape index (κ3) is 6.72. The molecule has 2 aromatic carbocycles. The quantitative estimate of drug-likeness (QED) is 0.818. The van der Waals surface area contributed by atoms with E-state index in [-0.39, 0.29) is 18.3 Å². The lowest BCUT2D eigenvalue weighted by molar-refractivity contribution is -0.121. The van der Waals surface area contributed by atoms with E-state index in [2.05, 4.69) is 5.32 Å². The number of hydrogen-bond donors (Lipinski definition) is 2. The Bertz CT molecular complexity index is 603. The topological polar surface area (TPSA) is 64.4 Å². The van der Waals surface area contributed by atoms with Crippen LogP contribution in [0.25, 0.3) is 0 Å². The number of hydrogen-bond acceptors (Lipinski definition) is 3. The van der Waals surface area contributed by atoms with E-state index in [4.69, 9.17) is 10.5 Å². The van der Waals surface area contributed by atoms with Gasteiger partial charge in [-0.15, -0.1) is 12.4 Å². The van der Waals surface area contributed by atoms with E-state index in [0.717, 1.165) is 23.3 Å². The lowest BCUT2D eigenvalue weighted by Gasteiger charge is -2.10. The van der Waals surface area contributed by atoms with Gasteiger partial charge in [0.1, 0.15) is 12.4 Å². The van der Waals surface area contributed by atoms with Crippen LogP contribution in [-0.4, -0.2) is 18.5 Å². The van der Waals surface area contributed by atoms with Crippen LogP contribution in [0, 0.1) is 0 Å². The van der Waals surface area contributed by atoms with Gasteiger partial charge in [0.15, 0.2) is 0 Å². The summed E-state index contributed by atoms with van der Waals surface area (Å²) in [6.07, 6.45) is 0.751. The van der Waals surface area contributed by atoms with Crippen LogP contribution in [0.4, 0.5) is 0 Å². The third-order valence-corrected chi connectivity index (χ3v) is 3.27. The summed E-state index contributed by atoms with van der Waals surface area (Å²) in [5.41, 5.74) is 7.76. The van der Waals surface area contributed by atoms with Crippen LogP contribution in [-0.2, 0) is 17.8 Å². The highest BCUT2D eigenvalue weighted by atomic mass is 35.5. The van der Waals surface area contributed by atoms with Gasteiger partial charge in [0, 0.05) is 6.54 Å². The van der Waals surface area contributed by atoms with Crippen LogP contribution >= 0.6 is 12.4 Å². The average molecular weight is 335 g/mol. The Labute approximate surface area is 143 Å². The van der Waals surface area contributed by atoms with E-state index in [1.807, 2.05) is 54.6 Å². The molecule has 1 amide bonds. The zero-order valence-electron chi connectivity index (χ0n) is 13.2. The lowest BCUT2D eigenvalue weighted by Crippen LogP contribution is -2.39. The minimum Gasteiger partial charge on any atom is -0.489 e. The van der Waals surface area contributed by atoms with Crippen molar-refractivity contribution in [3.8, 4) is 5.75 Å². The molecule has 0 spiro atoms. The van der Waals surface area contributed by atoms with E-state index in [1.165, 1.54) is 0 Å². The van der Waals surface area contributed by atoms with E-state index in [9.17, 15) is 4.79 Å². The van der Waals surface area contributed by atoms with Crippen LogP contribution in [0.2, 0.25) is 0 Å². The molecule has 0 aliphatic rings. The number of ether oxygens (including phenoxy) is 1. The first-order valence-electron chi connectivity index (χ1n) is 7.44. The first-order valence-corrected chi connectivity index (χ1v) is 7.44. The summed E-state index contributed by atoms with van der Waals surface area (Å²) in [6, 6.07) is 17.5. The second-order valence-electron chi connectivity index (χ2n) is 5.25. The van der Waals surface area contributed by atoms with Crippen molar-refractivity contribution in [2.75, 3.05) is 6.54 Å². The second-order valence-corrected chi connectivity index (χ2v) is 5.25. The van der Waals surface area contributed by atoms with E-state index >= 15 is 0 Å². The Kier molecular flexibility index (Phi) is 8.16. The van der Waals surface area contributed by atoms with Crippen molar-refractivity contribution in [3.05, 3.63) is 65.7 Å². The number of halogens is 1. The zero-order valence-corrected chi connectivity index (χ0v) is 14.0. The maximum atomic E-state index is 11.4. The average Bonchev–Trinajstić information content (AvgIpc) is 2.54. The maximum Gasteiger partial charge on any atom is 0.236 e. The molecule has 4 nitrogen and oxygen atoms in total. The van der Waals surface area contributed by atoms with Crippen LogP contribution < -0.4 is 15.8 Å². The molecular weight excluding hydrogens is 312 g/mol. The normalized spacial score (nSPS) is 11.2. The molecule has 0 aliphatic heterocycles. The smallest absolute Gasteiger partial charge is 0.236 e. The summed E-state index contributed by atoms with van der Waals surface area (Å²) in [5.74, 6) is 0.705. The van der Waals surface area contributed by atoms with E-state index in [0.29, 0.717) is 13.2 Å². The SMILES string of the molecule is CC(N)C(=O)NCCc1cccc(OCc2ccccc2)c1.Cl. The molecule has 3 N–H and O–H groups in total. The van der Waals surface area contributed by atoms with Crippen molar-refractivity contribution in [1.29, 1.82) is 0 Å². The molecule has 0 fully saturated rings. The molecular formula is C18H23ClN2O2. The van der Waals surface area contributed by atoms with Gasteiger partial charge in [-0.25, -0.2) is 0 Å². The van der Waals surface area contributed by atoms with E-state index < -0.39 is 6.04 Å². The Morgan fingerprint density at radius 3 is 2.52 bits per heavy atom. The van der Waals surface area contributed by atoms with Crippen molar-refractivity contribution in [2.24, 2.45) is 5.73 Å². The molecule has 23 heavy (non-hydrogen) atoms. The van der Waals surface area contributed by atoms with E-state index in [1.54, 1.807) is 6.92 Å². The van der Waals surface area contributed by atoms with Crippen molar-refractivity contribution in [1.82, 2.24) is 5.32 Å². The highest BCUT2D eigenvalue weighted by Crippen LogP contribution is 2.15. The number of carbonyl (C=O) groups is 1. The summed E-state index contributed by atoms with van der Waals surface area (Å²) in [4.78, 5) is 11.4. The molecule has 2 rings (SSSR count). The fraction of sp³-hybridized carbons (Fsp3) is 0.278. The molecule has 0 saturated heterocycles. The third-order valence-electron chi connectivity index (χ3n) is 3.27. The van der Waals surface area contributed by atoms with Gasteiger partial charge < -0.3 is 15.8 Å². The van der Waals surface area contributed by atoms with Crippen LogP contribution in [0.5, 0.6) is 5.75 Å². The summed E-state index contributed by atoms with van der Waals surface area (Å²) in [6.45, 7) is 2.79. The van der Waals surface area contributed by atoms with Gasteiger partial charge >= 0.3 is 0 Å². The second kappa shape index (κ2) is 9.87. The fourth-order valence-corrected chi connectivity index (χ4v) is 2.02. The molecule has 0 heterocycles. The van der Waals surface area contributed by atoms with Crippen molar-refractivity contribution in [2.45, 2.75) is 26.0 Å². The molecule has 0 aliphatic carbocycles. The van der Waals surface area contributed by atoms with Gasteiger partial charge in [0.2, 0.25) is 5.91 Å². The largest absolute Gasteiger partial charge is 0.489 e. The highest BCUT2D eigenvalue weighted by molar-refractivity contribution is 5.85. The summed E-state index contributed by atoms with van der Waals surface area (Å²) >= 11 is 0. The van der Waals surface area contributed by atoms with Crippen molar-refractivity contribution in [3.63, 3.8) is 0 Å². The predicted molar refractivity (Wildman–Crippen MR) is 94.8 cm³/mol. The number of rotatable bonds is 7. The van der Waals surface area contributed by atoms with Crippen LogP contribution in [0.1, 0.15) is 18.1 Å². The number of nitrogens with one attached hydrogen (secondary N) is 1. The van der Waals surface area contributed by atoms with Crippen molar-refractivity contribution >= 4 is 18.3 Å². The summed E-state index contributed by atoms with van der Waals surface area (Å²) in [5, 5.41) is 2.80. The predicted octanol–water partition coefficient (Wildman–Crippen LogP) is 2.69. The monoisotopic (exact) mass is 334 g/mol. The minimum absolute atomic E-state index is 0. The molecule has 1 atom stereocenters. The number of carbonyl (C=O) groups excluding carboxylic acids is 1. The maximum absolute atomic E-state index is 11.4. The highest BCUT2D eigenvalue weighted by Gasteiger charge is 2.05. The van der Waals surface area contributed by atoms with Gasteiger partial charge in [-0.1, -0.05) is 42.5 Å². The standard InChI is InChI=1S/C18H22N2O2.ClH/c1-14(19)18(21)20-11-10-15-8-5-9-17(12-15)22-13-16-6-3-2-4-7-16;/h2-9,12,14H,10-11,13,19H2,1H3,(H,20,21);1H. The van der Waals surface area contributed by atoms with Gasteiger partial charge in [0.05, 0.1) is 6.04 Å². The van der Waals surface area contributed by atoms with Gasteiger partial charge in [0.25, 0.3) is 0 Å². The molecule has 2 aromatic rings. The van der Waals surface area contributed by atoms with Crippen LogP contribution in [0.3, 0.4) is 0 Å². The number of amides is 1. The van der Waals surface area contributed by atoms with Crippen LogP contribution in [0.15, 0.2) is 54.6 Å². The van der Waals surface area contributed by atoms with Gasteiger partial charge in [-0.05, 0) is 36.6 Å². The molecule has 0 radical (unpaired) electrons. The van der Waals surface area contributed by atoms with Crippen molar-refractivity contribution < 1.29 is 9.53 Å². The van der Waals surface area contributed by atoms with Gasteiger partial charge in [-0.3, -0.25) is 4.79 Å². The Morgan fingerprint density at radius 2 is 1.83 bits per heavy atom. The zero-order chi connectivity index (χ0) is 15.8. The summed E-state index contributed by atoms with van der Waals surface area (Å²) < 4.78 is 5.79.